The molecule has 16 heavy (non-hydrogen) atoms. The van der Waals surface area contributed by atoms with Crippen LogP contribution in [0.3, 0.4) is 0 Å². The van der Waals surface area contributed by atoms with Gasteiger partial charge in [-0.25, -0.2) is 0 Å². The number of benzene rings is 1. The Morgan fingerprint density at radius 1 is 1.31 bits per heavy atom. The maximum atomic E-state index is 4.42. The van der Waals surface area contributed by atoms with Gasteiger partial charge in [0.1, 0.15) is 0 Å². The summed E-state index contributed by atoms with van der Waals surface area (Å²) in [6.07, 6.45) is 1.08. The first-order valence-corrected chi connectivity index (χ1v) is 5.87. The second-order valence-corrected chi connectivity index (χ2v) is 4.10. The highest BCUT2D eigenvalue weighted by Gasteiger charge is 2.11. The summed E-state index contributed by atoms with van der Waals surface area (Å²) in [6.45, 7) is 5.00. The van der Waals surface area contributed by atoms with E-state index in [4.69, 9.17) is 0 Å². The van der Waals surface area contributed by atoms with Gasteiger partial charge in [-0.1, -0.05) is 31.2 Å². The van der Waals surface area contributed by atoms with Gasteiger partial charge >= 0.3 is 0 Å². The van der Waals surface area contributed by atoms with Crippen molar-refractivity contribution in [3.8, 4) is 0 Å². The molecule has 3 nitrogen and oxygen atoms in total. The quantitative estimate of drug-likeness (QED) is 0.833. The number of hydrogen-bond donors (Lipinski definition) is 1. The maximum Gasteiger partial charge on any atom is 0.194 e. The van der Waals surface area contributed by atoms with Crippen molar-refractivity contribution >= 4 is 5.96 Å². The van der Waals surface area contributed by atoms with Gasteiger partial charge in [-0.2, -0.15) is 0 Å². The van der Waals surface area contributed by atoms with E-state index in [-0.39, 0.29) is 0 Å². The molecule has 2 rings (SSSR count). The molecule has 0 saturated carbocycles. The standard InChI is InChI=1S/C13H19N3/c1-3-11-6-4-5-7-12(11)10-15-13-14-8-9-16(13)2/h4-7H,3,8-10H2,1-2H3,(H,14,15). The molecule has 0 unspecified atom stereocenters. The third kappa shape index (κ3) is 2.35. The van der Waals surface area contributed by atoms with Gasteiger partial charge in [0.05, 0.1) is 6.54 Å². The van der Waals surface area contributed by atoms with E-state index in [0.717, 1.165) is 32.0 Å². The van der Waals surface area contributed by atoms with Crippen molar-refractivity contribution < 1.29 is 0 Å². The first kappa shape index (κ1) is 11.0. The Labute approximate surface area is 97.2 Å². The Balaban J connectivity index is 1.99. The van der Waals surface area contributed by atoms with Crippen molar-refractivity contribution in [2.45, 2.75) is 19.9 Å². The molecule has 1 N–H and O–H groups in total. The summed E-state index contributed by atoms with van der Waals surface area (Å²) in [5.41, 5.74) is 2.78. The molecule has 1 aromatic rings. The minimum Gasteiger partial charge on any atom is -0.352 e. The van der Waals surface area contributed by atoms with Gasteiger partial charge in [0, 0.05) is 20.1 Å². The second kappa shape index (κ2) is 5.01. The fourth-order valence-corrected chi connectivity index (χ4v) is 1.97. The first-order chi connectivity index (χ1) is 7.81. The van der Waals surface area contributed by atoms with Gasteiger partial charge in [-0.05, 0) is 17.5 Å². The lowest BCUT2D eigenvalue weighted by molar-refractivity contribution is 0.533. The second-order valence-electron chi connectivity index (χ2n) is 4.10. The molecule has 1 aliphatic heterocycles. The molecule has 0 amide bonds. The first-order valence-electron chi connectivity index (χ1n) is 5.87. The third-order valence-electron chi connectivity index (χ3n) is 2.99. The van der Waals surface area contributed by atoms with E-state index >= 15 is 0 Å². The zero-order valence-electron chi connectivity index (χ0n) is 10.0. The van der Waals surface area contributed by atoms with Crippen LogP contribution in [0.5, 0.6) is 0 Å². The van der Waals surface area contributed by atoms with Crippen LogP contribution in [0.25, 0.3) is 0 Å². The molecule has 0 aliphatic carbocycles. The molecular weight excluding hydrogens is 198 g/mol. The SMILES string of the molecule is CCc1ccccc1CNC1=NCCN1C. The number of rotatable bonds is 3. The average molecular weight is 217 g/mol. The van der Waals surface area contributed by atoms with Crippen LogP contribution in [0.2, 0.25) is 0 Å². The summed E-state index contributed by atoms with van der Waals surface area (Å²) in [5, 5.41) is 3.40. The smallest absolute Gasteiger partial charge is 0.194 e. The van der Waals surface area contributed by atoms with E-state index in [9.17, 15) is 0 Å². The fourth-order valence-electron chi connectivity index (χ4n) is 1.97. The number of hydrogen-bond acceptors (Lipinski definition) is 3. The predicted octanol–water partition coefficient (Wildman–Crippen LogP) is 1.64. The molecule has 0 atom stereocenters. The Morgan fingerprint density at radius 3 is 2.69 bits per heavy atom. The van der Waals surface area contributed by atoms with Gasteiger partial charge in [0.2, 0.25) is 0 Å². The molecule has 3 heteroatoms. The van der Waals surface area contributed by atoms with Crippen LogP contribution in [0.4, 0.5) is 0 Å². The van der Waals surface area contributed by atoms with Crippen LogP contribution in [-0.2, 0) is 13.0 Å². The molecular formula is C13H19N3. The molecule has 0 radical (unpaired) electrons. The molecule has 0 fully saturated rings. The van der Waals surface area contributed by atoms with Crippen LogP contribution in [-0.4, -0.2) is 31.0 Å². The van der Waals surface area contributed by atoms with Gasteiger partial charge in [0.15, 0.2) is 5.96 Å². The molecule has 0 bridgehead atoms. The van der Waals surface area contributed by atoms with Crippen molar-refractivity contribution in [3.63, 3.8) is 0 Å². The Morgan fingerprint density at radius 2 is 2.06 bits per heavy atom. The monoisotopic (exact) mass is 217 g/mol. The van der Waals surface area contributed by atoms with Gasteiger partial charge in [0.25, 0.3) is 0 Å². The highest BCUT2D eigenvalue weighted by Crippen LogP contribution is 2.09. The van der Waals surface area contributed by atoms with E-state index in [1.165, 1.54) is 11.1 Å². The van der Waals surface area contributed by atoms with Crippen molar-refractivity contribution in [1.29, 1.82) is 0 Å². The number of guanidine groups is 1. The van der Waals surface area contributed by atoms with Crippen LogP contribution in [0, 0.1) is 0 Å². The fraction of sp³-hybridized carbons (Fsp3) is 0.462. The third-order valence-corrected chi connectivity index (χ3v) is 2.99. The lowest BCUT2D eigenvalue weighted by Gasteiger charge is -2.16. The van der Waals surface area contributed by atoms with Gasteiger partial charge in [-0.15, -0.1) is 0 Å². The summed E-state index contributed by atoms with van der Waals surface area (Å²) < 4.78 is 0. The van der Waals surface area contributed by atoms with E-state index < -0.39 is 0 Å². The normalized spacial score (nSPS) is 15.1. The summed E-state index contributed by atoms with van der Waals surface area (Å²) in [5.74, 6) is 1.02. The van der Waals surface area contributed by atoms with E-state index in [2.05, 4.69) is 53.4 Å². The van der Waals surface area contributed by atoms with Gasteiger partial charge < -0.3 is 10.2 Å². The summed E-state index contributed by atoms with van der Waals surface area (Å²) in [4.78, 5) is 6.58. The summed E-state index contributed by atoms with van der Waals surface area (Å²) in [7, 11) is 2.07. The van der Waals surface area contributed by atoms with E-state index in [0.29, 0.717) is 0 Å². The lowest BCUT2D eigenvalue weighted by Crippen LogP contribution is -2.35. The van der Waals surface area contributed by atoms with Crippen LogP contribution in [0.15, 0.2) is 29.3 Å². The molecule has 86 valence electrons. The lowest BCUT2D eigenvalue weighted by atomic mass is 10.1. The zero-order valence-corrected chi connectivity index (χ0v) is 10.0. The van der Waals surface area contributed by atoms with Crippen molar-refractivity contribution in [1.82, 2.24) is 10.2 Å². The van der Waals surface area contributed by atoms with E-state index in [1.54, 1.807) is 0 Å². The number of nitrogens with one attached hydrogen (secondary N) is 1. The Kier molecular flexibility index (Phi) is 3.44. The number of aryl methyl sites for hydroxylation is 1. The minimum absolute atomic E-state index is 0.868. The van der Waals surface area contributed by atoms with E-state index in [1.807, 2.05) is 0 Å². The number of nitrogens with zero attached hydrogens (tertiary/aromatic N) is 2. The number of aliphatic imine (C=N–C) groups is 1. The molecule has 1 aromatic carbocycles. The molecule has 0 aromatic heterocycles. The summed E-state index contributed by atoms with van der Waals surface area (Å²) >= 11 is 0. The average Bonchev–Trinajstić information content (AvgIpc) is 2.72. The summed E-state index contributed by atoms with van der Waals surface area (Å²) in [6, 6.07) is 8.57. The molecule has 1 aliphatic rings. The van der Waals surface area contributed by atoms with Crippen molar-refractivity contribution in [2.75, 3.05) is 20.1 Å². The molecule has 1 heterocycles. The van der Waals surface area contributed by atoms with Crippen molar-refractivity contribution in [3.05, 3.63) is 35.4 Å². The van der Waals surface area contributed by atoms with Crippen LogP contribution in [0.1, 0.15) is 18.1 Å². The molecule has 0 saturated heterocycles. The van der Waals surface area contributed by atoms with Crippen LogP contribution >= 0.6 is 0 Å². The highest BCUT2D eigenvalue weighted by atomic mass is 15.3. The molecule has 0 spiro atoms. The minimum atomic E-state index is 0.868. The largest absolute Gasteiger partial charge is 0.352 e. The van der Waals surface area contributed by atoms with Crippen LogP contribution < -0.4 is 5.32 Å². The van der Waals surface area contributed by atoms with Crippen molar-refractivity contribution in [2.24, 2.45) is 4.99 Å². The Bertz CT molecular complexity index is 385. The maximum absolute atomic E-state index is 4.42. The van der Waals surface area contributed by atoms with Gasteiger partial charge in [-0.3, -0.25) is 4.99 Å². The predicted molar refractivity (Wildman–Crippen MR) is 67.6 cm³/mol. The highest BCUT2D eigenvalue weighted by molar-refractivity contribution is 5.81. The zero-order chi connectivity index (χ0) is 11.4. The Hall–Kier alpha value is -1.51. The topological polar surface area (TPSA) is 27.6 Å². The number of likely N-dealkylation sites (N-methyl/N-ethyl adjacent to an activating group) is 1.